The summed E-state index contributed by atoms with van der Waals surface area (Å²) >= 11 is 0. The molecule has 0 bridgehead atoms. The van der Waals surface area contributed by atoms with Crippen LogP contribution in [0.2, 0.25) is 0 Å². The second kappa shape index (κ2) is 8.31. The maximum absolute atomic E-state index is 11.5. The molecule has 1 amide bonds. The Bertz CT molecular complexity index is 255. The lowest BCUT2D eigenvalue weighted by molar-refractivity contribution is -0.144. The van der Waals surface area contributed by atoms with E-state index in [4.69, 9.17) is 0 Å². The van der Waals surface area contributed by atoms with Crippen LogP contribution in [0.5, 0.6) is 0 Å². The SMILES string of the molecule is COC(=O)C(C)CNC(=O)C[C@@H]1CCNC1.Cl. The summed E-state index contributed by atoms with van der Waals surface area (Å²) in [5.74, 6) is -0.114. The number of halogens is 1. The van der Waals surface area contributed by atoms with Crippen LogP contribution in [0.25, 0.3) is 0 Å². The van der Waals surface area contributed by atoms with Gasteiger partial charge < -0.3 is 15.4 Å². The van der Waals surface area contributed by atoms with Crippen molar-refractivity contribution >= 4 is 24.3 Å². The van der Waals surface area contributed by atoms with Gasteiger partial charge in [-0.2, -0.15) is 0 Å². The molecule has 0 aromatic rings. The van der Waals surface area contributed by atoms with Crippen LogP contribution in [0, 0.1) is 11.8 Å². The Morgan fingerprint density at radius 3 is 2.76 bits per heavy atom. The maximum atomic E-state index is 11.5. The molecule has 6 heteroatoms. The van der Waals surface area contributed by atoms with Crippen molar-refractivity contribution in [2.45, 2.75) is 19.8 Å². The van der Waals surface area contributed by atoms with Crippen LogP contribution >= 0.6 is 12.4 Å². The van der Waals surface area contributed by atoms with Gasteiger partial charge in [-0.3, -0.25) is 9.59 Å². The van der Waals surface area contributed by atoms with Crippen molar-refractivity contribution < 1.29 is 14.3 Å². The number of hydrogen-bond donors (Lipinski definition) is 2. The molecular weight excluding hydrogens is 244 g/mol. The van der Waals surface area contributed by atoms with Gasteiger partial charge in [-0.15, -0.1) is 12.4 Å². The number of amides is 1. The molecule has 1 fully saturated rings. The van der Waals surface area contributed by atoms with Crippen LogP contribution in [0.15, 0.2) is 0 Å². The molecule has 17 heavy (non-hydrogen) atoms. The zero-order valence-electron chi connectivity index (χ0n) is 10.3. The summed E-state index contributed by atoms with van der Waals surface area (Å²) < 4.78 is 4.58. The fourth-order valence-electron chi connectivity index (χ4n) is 1.77. The van der Waals surface area contributed by atoms with Gasteiger partial charge in [0.15, 0.2) is 0 Å². The van der Waals surface area contributed by atoms with E-state index in [0.717, 1.165) is 19.5 Å². The van der Waals surface area contributed by atoms with Crippen LogP contribution in [-0.2, 0) is 14.3 Å². The average molecular weight is 265 g/mol. The highest BCUT2D eigenvalue weighted by molar-refractivity contribution is 5.85. The molecule has 0 aromatic carbocycles. The molecule has 1 aliphatic heterocycles. The first-order valence-corrected chi connectivity index (χ1v) is 5.68. The molecule has 2 N–H and O–H groups in total. The predicted octanol–water partition coefficient (Wildman–Crippen LogP) is 0.333. The molecule has 5 nitrogen and oxygen atoms in total. The highest BCUT2D eigenvalue weighted by Crippen LogP contribution is 2.11. The second-order valence-corrected chi connectivity index (χ2v) is 4.29. The normalized spacial score (nSPS) is 20.2. The van der Waals surface area contributed by atoms with Gasteiger partial charge in [-0.05, 0) is 25.4 Å². The quantitative estimate of drug-likeness (QED) is 0.703. The smallest absolute Gasteiger partial charge is 0.310 e. The Balaban J connectivity index is 0.00000256. The van der Waals surface area contributed by atoms with E-state index in [1.807, 2.05) is 0 Å². The monoisotopic (exact) mass is 264 g/mol. The molecule has 0 aliphatic carbocycles. The Morgan fingerprint density at radius 1 is 1.53 bits per heavy atom. The summed E-state index contributed by atoms with van der Waals surface area (Å²) in [4.78, 5) is 22.6. The van der Waals surface area contributed by atoms with Gasteiger partial charge in [0.25, 0.3) is 0 Å². The minimum Gasteiger partial charge on any atom is -0.469 e. The molecule has 0 aromatic heterocycles. The standard InChI is InChI=1S/C11H20N2O3.ClH/c1-8(11(15)16-2)6-13-10(14)5-9-3-4-12-7-9;/h8-9,12H,3-7H2,1-2H3,(H,13,14);1H/t8?,9-;/m0./s1. The molecular formula is C11H21ClN2O3. The third kappa shape index (κ3) is 5.89. The number of methoxy groups -OCH3 is 1. The highest BCUT2D eigenvalue weighted by Gasteiger charge is 2.19. The third-order valence-electron chi connectivity index (χ3n) is 2.85. The summed E-state index contributed by atoms with van der Waals surface area (Å²) in [7, 11) is 1.35. The van der Waals surface area contributed by atoms with Crippen LogP contribution in [0.3, 0.4) is 0 Å². The fraction of sp³-hybridized carbons (Fsp3) is 0.818. The van der Waals surface area contributed by atoms with Gasteiger partial charge in [0.2, 0.25) is 5.91 Å². The van der Waals surface area contributed by atoms with E-state index in [1.54, 1.807) is 6.92 Å². The van der Waals surface area contributed by atoms with Crippen LogP contribution in [0.1, 0.15) is 19.8 Å². The Kier molecular flexibility index (Phi) is 7.91. The molecule has 1 heterocycles. The minimum absolute atomic E-state index is 0. The van der Waals surface area contributed by atoms with Crippen molar-refractivity contribution in [2.24, 2.45) is 11.8 Å². The molecule has 2 atom stereocenters. The fourth-order valence-corrected chi connectivity index (χ4v) is 1.77. The van der Waals surface area contributed by atoms with E-state index >= 15 is 0 Å². The van der Waals surface area contributed by atoms with E-state index < -0.39 is 0 Å². The number of esters is 1. The Hall–Kier alpha value is -0.810. The minimum atomic E-state index is -0.289. The van der Waals surface area contributed by atoms with Gasteiger partial charge >= 0.3 is 5.97 Å². The van der Waals surface area contributed by atoms with Gasteiger partial charge in [0.05, 0.1) is 13.0 Å². The lowest BCUT2D eigenvalue weighted by Gasteiger charge is -2.12. The molecule has 0 spiro atoms. The predicted molar refractivity (Wildman–Crippen MR) is 67.0 cm³/mol. The molecule has 1 rings (SSSR count). The number of hydrogen-bond acceptors (Lipinski definition) is 4. The molecule has 1 aliphatic rings. The van der Waals surface area contributed by atoms with Crippen LogP contribution in [0.4, 0.5) is 0 Å². The van der Waals surface area contributed by atoms with Crippen molar-refractivity contribution in [3.8, 4) is 0 Å². The van der Waals surface area contributed by atoms with E-state index in [2.05, 4.69) is 15.4 Å². The summed E-state index contributed by atoms with van der Waals surface area (Å²) in [6, 6.07) is 0. The summed E-state index contributed by atoms with van der Waals surface area (Å²) in [6.45, 7) is 4.01. The summed E-state index contributed by atoms with van der Waals surface area (Å²) in [6.07, 6.45) is 1.60. The van der Waals surface area contributed by atoms with E-state index in [-0.39, 0.29) is 30.2 Å². The Labute approximate surface area is 108 Å². The average Bonchev–Trinajstić information content (AvgIpc) is 2.77. The zero-order valence-corrected chi connectivity index (χ0v) is 11.1. The van der Waals surface area contributed by atoms with E-state index in [0.29, 0.717) is 18.9 Å². The largest absolute Gasteiger partial charge is 0.469 e. The number of ether oxygens (including phenoxy) is 1. The second-order valence-electron chi connectivity index (χ2n) is 4.29. The van der Waals surface area contributed by atoms with Crippen molar-refractivity contribution in [1.82, 2.24) is 10.6 Å². The number of carbonyl (C=O) groups excluding carboxylic acids is 2. The van der Waals surface area contributed by atoms with Crippen molar-refractivity contribution in [3.63, 3.8) is 0 Å². The topological polar surface area (TPSA) is 67.4 Å². The number of nitrogens with one attached hydrogen (secondary N) is 2. The van der Waals surface area contributed by atoms with Gasteiger partial charge in [-0.1, -0.05) is 6.92 Å². The van der Waals surface area contributed by atoms with Crippen molar-refractivity contribution in [1.29, 1.82) is 0 Å². The zero-order chi connectivity index (χ0) is 12.0. The summed E-state index contributed by atoms with van der Waals surface area (Å²) in [5, 5.41) is 5.97. The lowest BCUT2D eigenvalue weighted by Crippen LogP contribution is -2.33. The molecule has 1 unspecified atom stereocenters. The molecule has 0 saturated carbocycles. The van der Waals surface area contributed by atoms with Crippen molar-refractivity contribution in [2.75, 3.05) is 26.7 Å². The van der Waals surface area contributed by atoms with Crippen LogP contribution < -0.4 is 10.6 Å². The summed E-state index contributed by atoms with van der Waals surface area (Å²) in [5.41, 5.74) is 0. The Morgan fingerprint density at radius 2 is 2.24 bits per heavy atom. The van der Waals surface area contributed by atoms with Gasteiger partial charge in [0, 0.05) is 13.0 Å². The molecule has 1 saturated heterocycles. The highest BCUT2D eigenvalue weighted by atomic mass is 35.5. The van der Waals surface area contributed by atoms with Crippen LogP contribution in [-0.4, -0.2) is 38.6 Å². The maximum Gasteiger partial charge on any atom is 0.310 e. The third-order valence-corrected chi connectivity index (χ3v) is 2.85. The van der Waals surface area contributed by atoms with Gasteiger partial charge in [-0.25, -0.2) is 0 Å². The van der Waals surface area contributed by atoms with E-state index in [1.165, 1.54) is 7.11 Å². The van der Waals surface area contributed by atoms with Gasteiger partial charge in [0.1, 0.15) is 0 Å². The number of rotatable bonds is 5. The first-order chi connectivity index (χ1) is 7.63. The first-order valence-electron chi connectivity index (χ1n) is 5.68. The first kappa shape index (κ1) is 16.2. The molecule has 0 radical (unpaired) electrons. The van der Waals surface area contributed by atoms with Crippen molar-refractivity contribution in [3.05, 3.63) is 0 Å². The van der Waals surface area contributed by atoms with E-state index in [9.17, 15) is 9.59 Å². The lowest BCUT2D eigenvalue weighted by atomic mass is 10.0. The number of carbonyl (C=O) groups is 2. The molecule has 100 valence electrons.